The summed E-state index contributed by atoms with van der Waals surface area (Å²) in [4.78, 5) is 12.2. The Labute approximate surface area is 115 Å². The van der Waals surface area contributed by atoms with E-state index >= 15 is 0 Å². The highest BCUT2D eigenvalue weighted by atomic mass is 16.5. The Balaban J connectivity index is 1.80. The Morgan fingerprint density at radius 3 is 2.74 bits per heavy atom. The lowest BCUT2D eigenvalue weighted by molar-refractivity contribution is -0.127. The lowest BCUT2D eigenvalue weighted by atomic mass is 9.85. The average Bonchev–Trinajstić information content (AvgIpc) is 2.86. The Hall–Kier alpha value is -0.650. The monoisotopic (exact) mass is 270 g/mol. The first-order chi connectivity index (χ1) is 9.14. The van der Waals surface area contributed by atoms with Crippen LogP contribution in [-0.4, -0.2) is 49.0 Å². The van der Waals surface area contributed by atoms with Crippen LogP contribution in [0.3, 0.4) is 0 Å². The molecule has 5 heteroatoms. The molecule has 0 aromatic carbocycles. The molecule has 0 bridgehead atoms. The lowest BCUT2D eigenvalue weighted by Crippen LogP contribution is -2.49. The predicted octanol–water partition coefficient (Wildman–Crippen LogP) is 0.422. The van der Waals surface area contributed by atoms with Gasteiger partial charge in [0.1, 0.15) is 0 Å². The van der Waals surface area contributed by atoms with Crippen LogP contribution in [0.15, 0.2) is 0 Å². The van der Waals surface area contributed by atoms with Gasteiger partial charge in [0.15, 0.2) is 0 Å². The molecule has 1 saturated heterocycles. The largest absolute Gasteiger partial charge is 0.388 e. The highest BCUT2D eigenvalue weighted by Gasteiger charge is 2.35. The van der Waals surface area contributed by atoms with Crippen LogP contribution >= 0.6 is 0 Å². The Morgan fingerprint density at radius 2 is 2.05 bits per heavy atom. The van der Waals surface area contributed by atoms with Gasteiger partial charge in [-0.25, -0.2) is 0 Å². The molecule has 2 fully saturated rings. The van der Waals surface area contributed by atoms with Crippen molar-refractivity contribution in [3.8, 4) is 0 Å². The summed E-state index contributed by atoms with van der Waals surface area (Å²) < 4.78 is 5.37. The smallest absolute Gasteiger partial charge is 0.227 e. The van der Waals surface area contributed by atoms with Gasteiger partial charge < -0.3 is 20.5 Å². The summed E-state index contributed by atoms with van der Waals surface area (Å²) in [5.41, 5.74) is -0.693. The number of nitrogens with one attached hydrogen (secondary N) is 2. The minimum Gasteiger partial charge on any atom is -0.388 e. The van der Waals surface area contributed by atoms with Gasteiger partial charge in [-0.2, -0.15) is 0 Å². The van der Waals surface area contributed by atoms with Gasteiger partial charge in [0.2, 0.25) is 5.91 Å². The van der Waals surface area contributed by atoms with E-state index in [9.17, 15) is 9.90 Å². The van der Waals surface area contributed by atoms with Crippen molar-refractivity contribution in [3.63, 3.8) is 0 Å². The van der Waals surface area contributed by atoms with E-state index in [1.165, 1.54) is 6.42 Å². The van der Waals surface area contributed by atoms with Crippen molar-refractivity contribution >= 4 is 5.91 Å². The minimum atomic E-state index is -0.693. The molecule has 5 nitrogen and oxygen atoms in total. The average molecular weight is 270 g/mol. The number of amides is 1. The van der Waals surface area contributed by atoms with Crippen molar-refractivity contribution in [2.75, 3.05) is 26.3 Å². The molecule has 1 heterocycles. The molecule has 0 aromatic rings. The maximum Gasteiger partial charge on any atom is 0.227 e. The molecule has 19 heavy (non-hydrogen) atoms. The quantitative estimate of drug-likeness (QED) is 0.677. The van der Waals surface area contributed by atoms with E-state index in [0.717, 1.165) is 32.2 Å². The summed E-state index contributed by atoms with van der Waals surface area (Å²) in [5, 5.41) is 16.6. The molecular weight excluding hydrogens is 244 g/mol. The van der Waals surface area contributed by atoms with Gasteiger partial charge in [-0.05, 0) is 19.4 Å². The first kappa shape index (κ1) is 14.8. The molecule has 0 radical (unpaired) electrons. The summed E-state index contributed by atoms with van der Waals surface area (Å²) in [6, 6.07) is 0.103. The van der Waals surface area contributed by atoms with Crippen LogP contribution in [0.5, 0.6) is 0 Å². The van der Waals surface area contributed by atoms with Gasteiger partial charge >= 0.3 is 0 Å². The second-order valence-corrected chi connectivity index (χ2v) is 5.81. The molecule has 0 spiro atoms. The Morgan fingerprint density at radius 1 is 1.32 bits per heavy atom. The Kier molecular flexibility index (Phi) is 5.19. The highest BCUT2D eigenvalue weighted by Crippen LogP contribution is 2.27. The number of likely N-dealkylation sites (N-methyl/N-ethyl adjacent to an activating group) is 1. The highest BCUT2D eigenvalue weighted by molar-refractivity contribution is 5.80. The fraction of sp³-hybridized carbons (Fsp3) is 0.929. The van der Waals surface area contributed by atoms with Crippen molar-refractivity contribution in [3.05, 3.63) is 0 Å². The lowest BCUT2D eigenvalue weighted by Gasteiger charge is -2.32. The van der Waals surface area contributed by atoms with Crippen molar-refractivity contribution in [1.29, 1.82) is 0 Å². The standard InChI is InChI=1S/C14H26N2O3/c1-2-15-12-9-19-8-11(12)13(17)16-10-14(18)6-4-3-5-7-14/h11-12,15,18H,2-10H2,1H3,(H,16,17). The third kappa shape index (κ3) is 3.91. The van der Waals surface area contributed by atoms with E-state index in [2.05, 4.69) is 10.6 Å². The molecule has 2 atom stereocenters. The van der Waals surface area contributed by atoms with Crippen LogP contribution in [-0.2, 0) is 9.53 Å². The number of ether oxygens (including phenoxy) is 1. The molecule has 2 unspecified atom stereocenters. The SMILES string of the molecule is CCNC1COCC1C(=O)NCC1(O)CCCCC1. The summed E-state index contributed by atoms with van der Waals surface area (Å²) in [5.74, 6) is -0.130. The topological polar surface area (TPSA) is 70.6 Å². The number of hydrogen-bond donors (Lipinski definition) is 3. The van der Waals surface area contributed by atoms with Gasteiger partial charge in [0.25, 0.3) is 0 Å². The molecule has 110 valence electrons. The van der Waals surface area contributed by atoms with E-state index in [-0.39, 0.29) is 17.9 Å². The van der Waals surface area contributed by atoms with Gasteiger partial charge in [0, 0.05) is 12.6 Å². The number of hydrogen-bond acceptors (Lipinski definition) is 4. The maximum atomic E-state index is 12.2. The fourth-order valence-electron chi connectivity index (χ4n) is 3.05. The summed E-state index contributed by atoms with van der Waals surface area (Å²) >= 11 is 0. The molecule has 0 aromatic heterocycles. The summed E-state index contributed by atoms with van der Waals surface area (Å²) in [6.07, 6.45) is 4.89. The number of aliphatic hydroxyl groups is 1. The van der Waals surface area contributed by atoms with E-state index in [0.29, 0.717) is 19.8 Å². The molecule has 1 aliphatic carbocycles. The van der Waals surface area contributed by atoms with Crippen molar-refractivity contribution in [1.82, 2.24) is 10.6 Å². The van der Waals surface area contributed by atoms with Crippen molar-refractivity contribution in [2.45, 2.75) is 50.7 Å². The summed E-state index contributed by atoms with van der Waals surface area (Å²) in [7, 11) is 0. The normalized spacial score (nSPS) is 30.2. The van der Waals surface area contributed by atoms with Gasteiger partial charge in [0.05, 0.1) is 24.7 Å². The first-order valence-electron chi connectivity index (χ1n) is 7.46. The van der Waals surface area contributed by atoms with Crippen LogP contribution in [0.1, 0.15) is 39.0 Å². The maximum absolute atomic E-state index is 12.2. The predicted molar refractivity (Wildman–Crippen MR) is 72.8 cm³/mol. The third-order valence-electron chi connectivity index (χ3n) is 4.26. The molecule has 2 rings (SSSR count). The van der Waals surface area contributed by atoms with Gasteiger partial charge in [-0.15, -0.1) is 0 Å². The minimum absolute atomic E-state index is 0.00227. The molecule has 1 aliphatic heterocycles. The zero-order valence-electron chi connectivity index (χ0n) is 11.8. The van der Waals surface area contributed by atoms with Crippen LogP contribution in [0, 0.1) is 5.92 Å². The molecular formula is C14H26N2O3. The number of carbonyl (C=O) groups excluding carboxylic acids is 1. The van der Waals surface area contributed by atoms with Crippen LogP contribution in [0.2, 0.25) is 0 Å². The first-order valence-corrected chi connectivity index (χ1v) is 7.46. The third-order valence-corrected chi connectivity index (χ3v) is 4.26. The second kappa shape index (κ2) is 6.68. The Bertz CT molecular complexity index is 303. The molecule has 1 saturated carbocycles. The number of rotatable bonds is 5. The zero-order valence-corrected chi connectivity index (χ0v) is 11.8. The van der Waals surface area contributed by atoms with E-state index < -0.39 is 5.60 Å². The zero-order chi connectivity index (χ0) is 13.7. The van der Waals surface area contributed by atoms with Crippen LogP contribution < -0.4 is 10.6 Å². The van der Waals surface area contributed by atoms with Gasteiger partial charge in [-0.3, -0.25) is 4.79 Å². The van der Waals surface area contributed by atoms with Crippen LogP contribution in [0.4, 0.5) is 0 Å². The van der Waals surface area contributed by atoms with Crippen LogP contribution in [0.25, 0.3) is 0 Å². The number of carbonyl (C=O) groups is 1. The summed E-state index contributed by atoms with van der Waals surface area (Å²) in [6.45, 7) is 4.30. The molecule has 2 aliphatic rings. The van der Waals surface area contributed by atoms with E-state index in [4.69, 9.17) is 4.74 Å². The van der Waals surface area contributed by atoms with E-state index in [1.54, 1.807) is 0 Å². The van der Waals surface area contributed by atoms with Crippen molar-refractivity contribution < 1.29 is 14.6 Å². The van der Waals surface area contributed by atoms with E-state index in [1.807, 2.05) is 6.92 Å². The van der Waals surface area contributed by atoms with Gasteiger partial charge in [-0.1, -0.05) is 26.2 Å². The molecule has 3 N–H and O–H groups in total. The second-order valence-electron chi connectivity index (χ2n) is 5.81. The molecule has 1 amide bonds. The fourth-order valence-corrected chi connectivity index (χ4v) is 3.05. The van der Waals surface area contributed by atoms with Crippen molar-refractivity contribution in [2.24, 2.45) is 5.92 Å².